The normalized spacial score (nSPS) is 26.2. The van der Waals surface area contributed by atoms with Crippen molar-refractivity contribution >= 4 is 14.3 Å². The van der Waals surface area contributed by atoms with Gasteiger partial charge in [0.15, 0.2) is 20.7 Å². The maximum absolute atomic E-state index is 11.9. The van der Waals surface area contributed by atoms with Gasteiger partial charge in [0.25, 0.3) is 0 Å². The Labute approximate surface area is 191 Å². The number of rotatable bonds is 8. The Bertz CT molecular complexity index is 820. The molecule has 0 spiro atoms. The van der Waals surface area contributed by atoms with E-state index in [2.05, 4.69) is 43.9 Å². The van der Waals surface area contributed by atoms with E-state index in [0.717, 1.165) is 11.3 Å². The van der Waals surface area contributed by atoms with Gasteiger partial charge in [-0.05, 0) is 48.3 Å². The fourth-order valence-electron chi connectivity index (χ4n) is 3.22. The van der Waals surface area contributed by atoms with Crippen LogP contribution in [0.25, 0.3) is 10.4 Å². The van der Waals surface area contributed by atoms with Gasteiger partial charge in [0.05, 0.1) is 25.9 Å². The Morgan fingerprint density at radius 3 is 2.34 bits per heavy atom. The molecule has 0 aromatic heterocycles. The highest BCUT2D eigenvalue weighted by Gasteiger charge is 2.50. The molecule has 1 heterocycles. The molecule has 1 saturated heterocycles. The van der Waals surface area contributed by atoms with Crippen LogP contribution in [0.2, 0.25) is 18.1 Å². The first-order chi connectivity index (χ1) is 14.9. The third-order valence-electron chi connectivity index (χ3n) is 6.05. The van der Waals surface area contributed by atoms with Crippen molar-refractivity contribution in [3.05, 3.63) is 40.3 Å². The van der Waals surface area contributed by atoms with E-state index in [9.17, 15) is 10.3 Å². The standard InChI is InChI=1S/C22H35N3O6Si/c1-14-19(31-32(7,8)22(3,4)5)18(24-25-23)20(30-15(2)26)21(29-14)28-13-16-9-11-17(27-6)12-10-16/h9-12,14,18-21H,13H2,1-8H3/t14-,18+,19?,20?,21?/m1/s1. The molecule has 1 aromatic carbocycles. The van der Waals surface area contributed by atoms with Gasteiger partial charge in [0.2, 0.25) is 0 Å². The number of methoxy groups -OCH3 is 1. The SMILES string of the molecule is COc1ccc(COC2O[C@H](C)C(O[Si](C)(C)C(C)(C)C)[C@H](N=[N+]=[N-])C2OC(C)=O)cc1. The van der Waals surface area contributed by atoms with Crippen LogP contribution >= 0.6 is 0 Å². The predicted octanol–water partition coefficient (Wildman–Crippen LogP) is 4.96. The van der Waals surface area contributed by atoms with Crippen LogP contribution < -0.4 is 4.74 Å². The minimum Gasteiger partial charge on any atom is -0.497 e. The molecule has 0 N–H and O–H groups in total. The average molecular weight is 466 g/mol. The summed E-state index contributed by atoms with van der Waals surface area (Å²) in [6.45, 7) is 14.0. The van der Waals surface area contributed by atoms with Crippen molar-refractivity contribution in [1.82, 2.24) is 0 Å². The highest BCUT2D eigenvalue weighted by molar-refractivity contribution is 6.74. The second kappa shape index (κ2) is 10.7. The van der Waals surface area contributed by atoms with E-state index in [-0.39, 0.29) is 11.6 Å². The number of nitrogens with zero attached hydrogens (tertiary/aromatic N) is 3. The Kier molecular flexibility index (Phi) is 8.72. The molecule has 2 rings (SSSR count). The predicted molar refractivity (Wildman–Crippen MR) is 123 cm³/mol. The molecular formula is C22H35N3O6Si. The fourth-order valence-corrected chi connectivity index (χ4v) is 4.58. The van der Waals surface area contributed by atoms with Crippen molar-refractivity contribution in [3.8, 4) is 5.75 Å². The molecule has 5 atom stereocenters. The van der Waals surface area contributed by atoms with Crippen LogP contribution in [0.1, 0.15) is 40.2 Å². The van der Waals surface area contributed by atoms with Crippen molar-refractivity contribution in [2.24, 2.45) is 5.11 Å². The van der Waals surface area contributed by atoms with E-state index >= 15 is 0 Å². The molecular weight excluding hydrogens is 430 g/mol. The summed E-state index contributed by atoms with van der Waals surface area (Å²) in [5, 5.41) is 3.90. The molecule has 9 nitrogen and oxygen atoms in total. The molecule has 1 aliphatic heterocycles. The van der Waals surface area contributed by atoms with Crippen LogP contribution in [0.5, 0.6) is 5.75 Å². The summed E-state index contributed by atoms with van der Waals surface area (Å²) in [5.74, 6) is 0.221. The van der Waals surface area contributed by atoms with Crippen molar-refractivity contribution in [2.75, 3.05) is 7.11 Å². The molecule has 1 aromatic rings. The first-order valence-electron chi connectivity index (χ1n) is 10.7. The van der Waals surface area contributed by atoms with Gasteiger partial charge in [-0.25, -0.2) is 0 Å². The average Bonchev–Trinajstić information content (AvgIpc) is 2.70. The van der Waals surface area contributed by atoms with E-state index in [1.807, 2.05) is 31.2 Å². The summed E-state index contributed by atoms with van der Waals surface area (Å²) < 4.78 is 29.4. The second-order valence-corrected chi connectivity index (χ2v) is 14.2. The van der Waals surface area contributed by atoms with Crippen LogP contribution in [-0.4, -0.2) is 52.0 Å². The summed E-state index contributed by atoms with van der Waals surface area (Å²) in [6, 6.07) is 6.62. The number of esters is 1. The zero-order valence-electron chi connectivity index (χ0n) is 20.2. The Hall–Kier alpha value is -2.10. The molecule has 1 fully saturated rings. The van der Waals surface area contributed by atoms with E-state index in [1.165, 1.54) is 6.92 Å². The highest BCUT2D eigenvalue weighted by Crippen LogP contribution is 2.40. The van der Waals surface area contributed by atoms with Gasteiger partial charge in [-0.2, -0.15) is 0 Å². The van der Waals surface area contributed by atoms with Crippen LogP contribution in [0.3, 0.4) is 0 Å². The Morgan fingerprint density at radius 2 is 1.84 bits per heavy atom. The zero-order valence-corrected chi connectivity index (χ0v) is 21.2. The lowest BCUT2D eigenvalue weighted by molar-refractivity contribution is -0.273. The highest BCUT2D eigenvalue weighted by atomic mass is 28.4. The molecule has 10 heteroatoms. The molecule has 1 aliphatic rings. The smallest absolute Gasteiger partial charge is 0.303 e. The van der Waals surface area contributed by atoms with Crippen LogP contribution in [0, 0.1) is 0 Å². The number of ether oxygens (including phenoxy) is 4. The van der Waals surface area contributed by atoms with Gasteiger partial charge < -0.3 is 23.4 Å². The number of hydrogen-bond acceptors (Lipinski definition) is 7. The minimum absolute atomic E-state index is 0.0632. The second-order valence-electron chi connectivity index (χ2n) is 9.48. The minimum atomic E-state index is -2.23. The molecule has 0 bridgehead atoms. The summed E-state index contributed by atoms with van der Waals surface area (Å²) in [5.41, 5.74) is 10.1. The maximum atomic E-state index is 11.9. The van der Waals surface area contributed by atoms with Crippen molar-refractivity contribution < 1.29 is 28.2 Å². The molecule has 0 aliphatic carbocycles. The van der Waals surface area contributed by atoms with Crippen molar-refractivity contribution in [3.63, 3.8) is 0 Å². The molecule has 3 unspecified atom stereocenters. The zero-order chi connectivity index (χ0) is 24.1. The Morgan fingerprint density at radius 1 is 1.22 bits per heavy atom. The maximum Gasteiger partial charge on any atom is 0.303 e. The number of carbonyl (C=O) groups is 1. The van der Waals surface area contributed by atoms with Crippen LogP contribution in [0.15, 0.2) is 29.4 Å². The summed E-state index contributed by atoms with van der Waals surface area (Å²) in [6.07, 6.45) is -2.86. The quantitative estimate of drug-likeness (QED) is 0.176. The number of benzene rings is 1. The van der Waals surface area contributed by atoms with Crippen molar-refractivity contribution in [1.29, 1.82) is 0 Å². The van der Waals surface area contributed by atoms with E-state index in [0.29, 0.717) is 0 Å². The van der Waals surface area contributed by atoms with Gasteiger partial charge >= 0.3 is 5.97 Å². The first-order valence-corrected chi connectivity index (χ1v) is 13.6. The van der Waals surface area contributed by atoms with Gasteiger partial charge in [0.1, 0.15) is 11.8 Å². The molecule has 32 heavy (non-hydrogen) atoms. The van der Waals surface area contributed by atoms with Crippen LogP contribution in [-0.2, 0) is 30.0 Å². The topological polar surface area (TPSA) is 112 Å². The monoisotopic (exact) mass is 465 g/mol. The summed E-state index contributed by atoms with van der Waals surface area (Å²) in [7, 11) is -0.631. The van der Waals surface area contributed by atoms with Gasteiger partial charge in [-0.3, -0.25) is 4.79 Å². The van der Waals surface area contributed by atoms with Crippen LogP contribution in [0.4, 0.5) is 0 Å². The largest absolute Gasteiger partial charge is 0.497 e. The van der Waals surface area contributed by atoms with E-state index in [1.54, 1.807) is 7.11 Å². The van der Waals surface area contributed by atoms with E-state index in [4.69, 9.17) is 23.4 Å². The van der Waals surface area contributed by atoms with Gasteiger partial charge in [0, 0.05) is 11.8 Å². The van der Waals surface area contributed by atoms with Gasteiger partial charge in [-0.15, -0.1) is 0 Å². The van der Waals surface area contributed by atoms with Gasteiger partial charge in [-0.1, -0.05) is 38.0 Å². The third kappa shape index (κ3) is 6.46. The summed E-state index contributed by atoms with van der Waals surface area (Å²) >= 11 is 0. The summed E-state index contributed by atoms with van der Waals surface area (Å²) in [4.78, 5) is 14.9. The third-order valence-corrected chi connectivity index (χ3v) is 10.5. The number of azide groups is 1. The molecule has 178 valence electrons. The first kappa shape index (κ1) is 26.2. The lowest BCUT2D eigenvalue weighted by atomic mass is 9.97. The van der Waals surface area contributed by atoms with Crippen molar-refractivity contribution in [2.45, 2.75) is 90.0 Å². The molecule has 0 radical (unpaired) electrons. The van der Waals surface area contributed by atoms with E-state index < -0.39 is 44.9 Å². The fraction of sp³-hybridized carbons (Fsp3) is 0.682. The lowest BCUT2D eigenvalue weighted by Gasteiger charge is -2.47. The number of hydrogen-bond donors (Lipinski definition) is 0. The Balaban J connectivity index is 2.28. The molecule has 0 amide bonds. The number of carbonyl (C=O) groups excluding carboxylic acids is 1. The molecule has 0 saturated carbocycles. The lowest BCUT2D eigenvalue weighted by Crippen LogP contribution is -2.61.